The van der Waals surface area contributed by atoms with Gasteiger partial charge in [0.15, 0.2) is 0 Å². The normalized spacial score (nSPS) is 12.6. The molecule has 26 heavy (non-hydrogen) atoms. The van der Waals surface area contributed by atoms with Crippen LogP contribution in [0.3, 0.4) is 0 Å². The first-order valence-corrected chi connectivity index (χ1v) is 9.10. The Bertz CT molecular complexity index is 799. The summed E-state index contributed by atoms with van der Waals surface area (Å²) in [6.45, 7) is 5.82. The lowest BCUT2D eigenvalue weighted by atomic mass is 10.1. The largest absolute Gasteiger partial charge is 0.338 e. The molecule has 0 atom stereocenters. The molecule has 2 aromatic carbocycles. The van der Waals surface area contributed by atoms with Crippen molar-refractivity contribution in [2.24, 2.45) is 0 Å². The molecule has 0 aliphatic carbocycles. The highest BCUT2D eigenvalue weighted by atomic mass is 16.2. The smallest absolute Gasteiger partial charge is 0.315 e. The summed E-state index contributed by atoms with van der Waals surface area (Å²) in [5.74, 6) is 0.0227. The van der Waals surface area contributed by atoms with Crippen molar-refractivity contribution < 1.29 is 9.59 Å². The maximum atomic E-state index is 12.9. The van der Waals surface area contributed by atoms with Gasteiger partial charge in [0.05, 0.1) is 0 Å². The Morgan fingerprint density at radius 3 is 2.58 bits per heavy atom. The van der Waals surface area contributed by atoms with E-state index in [1.807, 2.05) is 55.1 Å². The van der Waals surface area contributed by atoms with Crippen molar-refractivity contribution in [2.75, 3.05) is 18.0 Å². The Labute approximate surface area is 154 Å². The van der Waals surface area contributed by atoms with Crippen LogP contribution in [0.5, 0.6) is 0 Å². The van der Waals surface area contributed by atoms with Crippen LogP contribution < -0.4 is 15.5 Å². The quantitative estimate of drug-likeness (QED) is 0.867. The Morgan fingerprint density at radius 1 is 1.08 bits per heavy atom. The maximum Gasteiger partial charge on any atom is 0.315 e. The van der Waals surface area contributed by atoms with Gasteiger partial charge in [-0.15, -0.1) is 0 Å². The molecule has 136 valence electrons. The van der Waals surface area contributed by atoms with E-state index in [2.05, 4.69) is 16.7 Å². The minimum Gasteiger partial charge on any atom is -0.338 e. The number of hydrogen-bond acceptors (Lipinski definition) is 2. The third-order valence-electron chi connectivity index (χ3n) is 4.58. The molecule has 3 rings (SSSR count). The van der Waals surface area contributed by atoms with Gasteiger partial charge in [0, 0.05) is 30.9 Å². The molecule has 0 unspecified atom stereocenters. The van der Waals surface area contributed by atoms with Crippen LogP contribution in [-0.2, 0) is 13.0 Å². The minimum atomic E-state index is -0.167. The summed E-state index contributed by atoms with van der Waals surface area (Å²) in [7, 11) is 0. The fourth-order valence-corrected chi connectivity index (χ4v) is 3.08. The molecule has 5 nitrogen and oxygen atoms in total. The number of fused-ring (bicyclic) bond motifs is 1. The van der Waals surface area contributed by atoms with Crippen molar-refractivity contribution >= 4 is 17.6 Å². The third-order valence-corrected chi connectivity index (χ3v) is 4.58. The molecule has 0 aromatic heterocycles. The maximum absolute atomic E-state index is 12.9. The van der Waals surface area contributed by atoms with Crippen molar-refractivity contribution in [2.45, 2.75) is 33.2 Å². The summed E-state index contributed by atoms with van der Waals surface area (Å²) in [4.78, 5) is 26.4. The van der Waals surface area contributed by atoms with E-state index < -0.39 is 0 Å². The highest BCUT2D eigenvalue weighted by Crippen LogP contribution is 2.30. The number of benzene rings is 2. The summed E-state index contributed by atoms with van der Waals surface area (Å²) >= 11 is 0. The monoisotopic (exact) mass is 351 g/mol. The lowest BCUT2D eigenvalue weighted by Crippen LogP contribution is -2.35. The standard InChI is InChI=1S/C21H25N3O2/c1-3-11-22-21(26)23-14-16-6-9-17-10-12-24(19(17)13-16)20(25)18-7-4-15(2)5-8-18/h4-9,13H,3,10-12,14H2,1-2H3,(H2,22,23,26). The van der Waals surface area contributed by atoms with Gasteiger partial charge in [0.1, 0.15) is 0 Å². The second kappa shape index (κ2) is 8.04. The number of urea groups is 1. The third kappa shape index (κ3) is 4.04. The Hall–Kier alpha value is -2.82. The number of hydrogen-bond donors (Lipinski definition) is 2. The first-order chi connectivity index (χ1) is 12.6. The summed E-state index contributed by atoms with van der Waals surface area (Å²) in [5.41, 5.74) is 4.94. The molecule has 5 heteroatoms. The number of aryl methyl sites for hydroxylation is 1. The van der Waals surface area contributed by atoms with Gasteiger partial charge in [-0.1, -0.05) is 36.8 Å². The molecule has 0 saturated carbocycles. The molecular weight excluding hydrogens is 326 g/mol. The fourth-order valence-electron chi connectivity index (χ4n) is 3.08. The summed E-state index contributed by atoms with van der Waals surface area (Å²) < 4.78 is 0. The molecule has 0 fully saturated rings. The first kappa shape index (κ1) is 18.0. The second-order valence-electron chi connectivity index (χ2n) is 6.65. The highest BCUT2D eigenvalue weighted by molar-refractivity contribution is 6.07. The van der Waals surface area contributed by atoms with Crippen LogP contribution in [0, 0.1) is 6.92 Å². The Kier molecular flexibility index (Phi) is 5.56. The zero-order chi connectivity index (χ0) is 18.5. The van der Waals surface area contributed by atoms with Gasteiger partial charge in [-0.2, -0.15) is 0 Å². The van der Waals surface area contributed by atoms with E-state index in [9.17, 15) is 9.59 Å². The van der Waals surface area contributed by atoms with Crippen LogP contribution in [0.1, 0.15) is 40.4 Å². The van der Waals surface area contributed by atoms with E-state index in [1.165, 1.54) is 5.56 Å². The number of carbonyl (C=O) groups excluding carboxylic acids is 2. The molecule has 0 radical (unpaired) electrons. The van der Waals surface area contributed by atoms with Gasteiger partial charge >= 0.3 is 6.03 Å². The molecule has 3 amide bonds. The van der Waals surface area contributed by atoms with Gasteiger partial charge in [0.25, 0.3) is 5.91 Å². The van der Waals surface area contributed by atoms with Crippen LogP contribution >= 0.6 is 0 Å². The number of nitrogens with one attached hydrogen (secondary N) is 2. The molecule has 1 aliphatic rings. The van der Waals surface area contributed by atoms with E-state index in [0.717, 1.165) is 29.7 Å². The number of nitrogens with zero attached hydrogens (tertiary/aromatic N) is 1. The van der Waals surface area contributed by atoms with E-state index >= 15 is 0 Å². The van der Waals surface area contributed by atoms with Crippen LogP contribution in [0.4, 0.5) is 10.5 Å². The van der Waals surface area contributed by atoms with Gasteiger partial charge in [-0.3, -0.25) is 4.79 Å². The van der Waals surface area contributed by atoms with Gasteiger partial charge < -0.3 is 15.5 Å². The van der Waals surface area contributed by atoms with E-state index in [-0.39, 0.29) is 11.9 Å². The average molecular weight is 351 g/mol. The van der Waals surface area contributed by atoms with Crippen LogP contribution in [0.2, 0.25) is 0 Å². The fraction of sp³-hybridized carbons (Fsp3) is 0.333. The van der Waals surface area contributed by atoms with Gasteiger partial charge in [-0.25, -0.2) is 4.79 Å². The number of anilines is 1. The summed E-state index contributed by atoms with van der Waals surface area (Å²) in [5, 5.41) is 5.65. The number of rotatable bonds is 5. The summed E-state index contributed by atoms with van der Waals surface area (Å²) in [6.07, 6.45) is 1.76. The van der Waals surface area contributed by atoms with Crippen molar-refractivity contribution in [3.63, 3.8) is 0 Å². The molecule has 0 spiro atoms. The molecular formula is C21H25N3O2. The molecule has 1 heterocycles. The van der Waals surface area contributed by atoms with Gasteiger partial charge in [0.2, 0.25) is 0 Å². The molecule has 0 saturated heterocycles. The Balaban J connectivity index is 1.71. The predicted octanol–water partition coefficient (Wildman–Crippen LogP) is 3.41. The molecule has 2 N–H and O–H groups in total. The number of carbonyl (C=O) groups is 2. The van der Waals surface area contributed by atoms with E-state index in [1.54, 1.807) is 0 Å². The zero-order valence-electron chi connectivity index (χ0n) is 15.3. The summed E-state index contributed by atoms with van der Waals surface area (Å²) in [6, 6.07) is 13.6. The van der Waals surface area contributed by atoms with Crippen LogP contribution in [0.15, 0.2) is 42.5 Å². The van der Waals surface area contributed by atoms with Crippen molar-refractivity contribution in [1.29, 1.82) is 0 Å². The average Bonchev–Trinajstić information content (AvgIpc) is 3.08. The molecule has 2 aromatic rings. The van der Waals surface area contributed by atoms with Crippen LogP contribution in [-0.4, -0.2) is 25.0 Å². The first-order valence-electron chi connectivity index (χ1n) is 9.10. The van der Waals surface area contributed by atoms with E-state index in [0.29, 0.717) is 25.2 Å². The van der Waals surface area contributed by atoms with Crippen LogP contribution in [0.25, 0.3) is 0 Å². The predicted molar refractivity (Wildman–Crippen MR) is 104 cm³/mol. The van der Waals surface area contributed by atoms with Crippen molar-refractivity contribution in [1.82, 2.24) is 10.6 Å². The molecule has 0 bridgehead atoms. The topological polar surface area (TPSA) is 61.4 Å². The van der Waals surface area contributed by atoms with E-state index in [4.69, 9.17) is 0 Å². The lowest BCUT2D eigenvalue weighted by Gasteiger charge is -2.18. The second-order valence-corrected chi connectivity index (χ2v) is 6.65. The minimum absolute atomic E-state index is 0.0227. The zero-order valence-corrected chi connectivity index (χ0v) is 15.3. The molecule has 1 aliphatic heterocycles. The van der Waals surface area contributed by atoms with Crippen molar-refractivity contribution in [3.05, 3.63) is 64.7 Å². The van der Waals surface area contributed by atoms with Gasteiger partial charge in [-0.05, 0) is 49.1 Å². The lowest BCUT2D eigenvalue weighted by molar-refractivity contribution is 0.0989. The van der Waals surface area contributed by atoms with Crippen molar-refractivity contribution in [3.8, 4) is 0 Å². The SMILES string of the molecule is CCCNC(=O)NCc1ccc2c(c1)N(C(=O)c1ccc(C)cc1)CC2. The Morgan fingerprint density at radius 2 is 1.85 bits per heavy atom. The highest BCUT2D eigenvalue weighted by Gasteiger charge is 2.25. The number of amides is 3.